The summed E-state index contributed by atoms with van der Waals surface area (Å²) in [5, 5.41) is 37.8. The van der Waals surface area contributed by atoms with Crippen molar-refractivity contribution in [2.24, 2.45) is 5.73 Å². The molecule has 0 amide bonds. The van der Waals surface area contributed by atoms with Crippen LogP contribution in [0.3, 0.4) is 0 Å². The molecule has 6 N–H and O–H groups in total. The van der Waals surface area contributed by atoms with Crippen molar-refractivity contribution < 1.29 is 29.9 Å². The normalized spacial score (nSPS) is 35.5. The van der Waals surface area contributed by atoms with Crippen LogP contribution in [0.4, 0.5) is 0 Å². The molecule has 0 aromatic rings. The second kappa shape index (κ2) is 8.80. The number of ether oxygens (including phenoxy) is 2. The summed E-state index contributed by atoms with van der Waals surface area (Å²) in [4.78, 5) is 0. The van der Waals surface area contributed by atoms with Gasteiger partial charge in [0.05, 0.1) is 6.61 Å². The summed E-state index contributed by atoms with van der Waals surface area (Å²) in [7, 11) is 0. The highest BCUT2D eigenvalue weighted by Gasteiger charge is 2.43. The lowest BCUT2D eigenvalue weighted by Crippen LogP contribution is -2.59. The van der Waals surface area contributed by atoms with Crippen molar-refractivity contribution in [3.8, 4) is 0 Å². The van der Waals surface area contributed by atoms with Crippen molar-refractivity contribution in [1.82, 2.24) is 0 Å². The first-order valence-corrected chi connectivity index (χ1v) is 6.74. The smallest absolute Gasteiger partial charge is 0.186 e. The van der Waals surface area contributed by atoms with E-state index in [1.54, 1.807) is 0 Å². The first-order chi connectivity index (χ1) is 9.11. The zero-order chi connectivity index (χ0) is 14.3. The fourth-order valence-corrected chi connectivity index (χ4v) is 2.00. The molecule has 0 aliphatic carbocycles. The lowest BCUT2D eigenvalue weighted by Gasteiger charge is -2.39. The number of nitrogens with two attached hydrogens (primary N) is 1. The van der Waals surface area contributed by atoms with Crippen LogP contribution in [-0.2, 0) is 9.47 Å². The molecule has 1 aliphatic heterocycles. The first kappa shape index (κ1) is 16.8. The lowest BCUT2D eigenvalue weighted by atomic mass is 9.99. The first-order valence-electron chi connectivity index (χ1n) is 6.74. The maximum absolute atomic E-state index is 9.70. The van der Waals surface area contributed by atoms with Crippen LogP contribution in [0.15, 0.2) is 0 Å². The van der Waals surface area contributed by atoms with Gasteiger partial charge in [-0.15, -0.1) is 0 Å². The summed E-state index contributed by atoms with van der Waals surface area (Å²) >= 11 is 0. The van der Waals surface area contributed by atoms with Crippen LogP contribution in [-0.4, -0.2) is 70.9 Å². The van der Waals surface area contributed by atoms with Gasteiger partial charge in [-0.25, -0.2) is 0 Å². The average molecular weight is 279 g/mol. The van der Waals surface area contributed by atoms with E-state index >= 15 is 0 Å². The third-order valence-electron chi connectivity index (χ3n) is 3.23. The molecule has 1 fully saturated rings. The van der Waals surface area contributed by atoms with E-state index in [4.69, 9.17) is 20.3 Å². The molecule has 0 aromatic carbocycles. The Morgan fingerprint density at radius 2 is 1.63 bits per heavy atom. The highest BCUT2D eigenvalue weighted by atomic mass is 16.7. The van der Waals surface area contributed by atoms with Gasteiger partial charge in [-0.1, -0.05) is 12.8 Å². The van der Waals surface area contributed by atoms with E-state index in [2.05, 4.69) is 0 Å². The maximum Gasteiger partial charge on any atom is 0.186 e. The highest BCUT2D eigenvalue weighted by molar-refractivity contribution is 4.88. The molecule has 1 rings (SSSR count). The number of rotatable bonds is 8. The topological polar surface area (TPSA) is 125 Å². The molecular weight excluding hydrogens is 254 g/mol. The van der Waals surface area contributed by atoms with Gasteiger partial charge < -0.3 is 35.6 Å². The minimum atomic E-state index is -1.38. The largest absolute Gasteiger partial charge is 0.394 e. The van der Waals surface area contributed by atoms with Gasteiger partial charge in [0.25, 0.3) is 0 Å². The summed E-state index contributed by atoms with van der Waals surface area (Å²) in [6.07, 6.45) is -2.22. The Balaban J connectivity index is 2.28. The second-order valence-corrected chi connectivity index (χ2v) is 4.77. The van der Waals surface area contributed by atoms with Gasteiger partial charge in [0, 0.05) is 6.61 Å². The SMILES string of the molecule is NCCCCCCO[C@H]1O[C@H](CO)[C@@H](O)C(O)C1O. The van der Waals surface area contributed by atoms with E-state index in [0.29, 0.717) is 13.2 Å². The fraction of sp³-hybridized carbons (Fsp3) is 1.00. The van der Waals surface area contributed by atoms with Gasteiger partial charge in [-0.3, -0.25) is 0 Å². The monoisotopic (exact) mass is 279 g/mol. The summed E-state index contributed by atoms with van der Waals surface area (Å²) < 4.78 is 10.5. The standard InChI is InChI=1S/C12H25NO6/c13-5-3-1-2-4-6-18-12-11(17)10(16)9(15)8(7-14)19-12/h8-12,14-17H,1-7,13H2/t8-,9-,10?,11?,12+/m1/s1. The van der Waals surface area contributed by atoms with E-state index in [1.807, 2.05) is 0 Å². The maximum atomic E-state index is 9.70. The molecule has 0 spiro atoms. The van der Waals surface area contributed by atoms with E-state index in [9.17, 15) is 15.3 Å². The van der Waals surface area contributed by atoms with Gasteiger partial charge in [-0.05, 0) is 19.4 Å². The van der Waals surface area contributed by atoms with E-state index in [0.717, 1.165) is 25.7 Å². The molecular formula is C12H25NO6. The van der Waals surface area contributed by atoms with Crippen molar-refractivity contribution >= 4 is 0 Å². The Hall–Kier alpha value is -0.280. The van der Waals surface area contributed by atoms with Crippen molar-refractivity contribution in [2.45, 2.75) is 56.4 Å². The highest BCUT2D eigenvalue weighted by Crippen LogP contribution is 2.22. The van der Waals surface area contributed by atoms with Gasteiger partial charge in [0.15, 0.2) is 6.29 Å². The van der Waals surface area contributed by atoms with Gasteiger partial charge in [0.1, 0.15) is 24.4 Å². The summed E-state index contributed by atoms with van der Waals surface area (Å²) in [5.41, 5.74) is 5.38. The van der Waals surface area contributed by atoms with E-state index in [1.165, 1.54) is 0 Å². The minimum Gasteiger partial charge on any atom is -0.394 e. The molecule has 7 heteroatoms. The number of aliphatic hydroxyl groups is 4. The zero-order valence-corrected chi connectivity index (χ0v) is 11.0. The zero-order valence-electron chi connectivity index (χ0n) is 11.0. The van der Waals surface area contributed by atoms with E-state index in [-0.39, 0.29) is 0 Å². The molecule has 0 saturated carbocycles. The van der Waals surface area contributed by atoms with Crippen LogP contribution in [0.25, 0.3) is 0 Å². The molecule has 0 aromatic heterocycles. The van der Waals surface area contributed by atoms with Crippen molar-refractivity contribution in [2.75, 3.05) is 19.8 Å². The molecule has 2 unspecified atom stereocenters. The summed E-state index contributed by atoms with van der Waals surface area (Å²) in [5.74, 6) is 0. The summed E-state index contributed by atoms with van der Waals surface area (Å²) in [6, 6.07) is 0. The Morgan fingerprint density at radius 3 is 2.26 bits per heavy atom. The Labute approximate surface area is 112 Å². The fourth-order valence-electron chi connectivity index (χ4n) is 2.00. The van der Waals surface area contributed by atoms with Crippen molar-refractivity contribution in [3.05, 3.63) is 0 Å². The minimum absolute atomic E-state index is 0.382. The predicted octanol–water partition coefficient (Wildman–Crippen LogP) is -1.68. The van der Waals surface area contributed by atoms with Crippen LogP contribution in [0, 0.1) is 0 Å². The second-order valence-electron chi connectivity index (χ2n) is 4.77. The van der Waals surface area contributed by atoms with Gasteiger partial charge in [0.2, 0.25) is 0 Å². The number of hydrogen-bond acceptors (Lipinski definition) is 7. The molecule has 1 saturated heterocycles. The molecule has 0 radical (unpaired) electrons. The quantitative estimate of drug-likeness (QED) is 0.336. The average Bonchev–Trinajstić information content (AvgIpc) is 2.42. The number of unbranched alkanes of at least 4 members (excludes halogenated alkanes) is 3. The van der Waals surface area contributed by atoms with Crippen molar-refractivity contribution in [1.29, 1.82) is 0 Å². The van der Waals surface area contributed by atoms with Gasteiger partial charge >= 0.3 is 0 Å². The molecule has 114 valence electrons. The number of aliphatic hydroxyl groups excluding tert-OH is 4. The van der Waals surface area contributed by atoms with Crippen LogP contribution in [0.5, 0.6) is 0 Å². The summed E-state index contributed by atoms with van der Waals surface area (Å²) in [6.45, 7) is 0.613. The molecule has 1 aliphatic rings. The third-order valence-corrected chi connectivity index (χ3v) is 3.23. The van der Waals surface area contributed by atoms with Crippen LogP contribution < -0.4 is 5.73 Å². The lowest BCUT2D eigenvalue weighted by molar-refractivity contribution is -0.301. The molecule has 5 atom stereocenters. The molecule has 7 nitrogen and oxygen atoms in total. The molecule has 1 heterocycles. The Bertz CT molecular complexity index is 240. The van der Waals surface area contributed by atoms with Crippen LogP contribution in [0.1, 0.15) is 25.7 Å². The predicted molar refractivity (Wildman–Crippen MR) is 67.2 cm³/mol. The van der Waals surface area contributed by atoms with E-state index < -0.39 is 37.3 Å². The molecule has 19 heavy (non-hydrogen) atoms. The third kappa shape index (κ3) is 4.96. The van der Waals surface area contributed by atoms with Crippen LogP contribution in [0.2, 0.25) is 0 Å². The molecule has 0 bridgehead atoms. The van der Waals surface area contributed by atoms with Crippen LogP contribution >= 0.6 is 0 Å². The Kier molecular flexibility index (Phi) is 7.77. The van der Waals surface area contributed by atoms with Crippen molar-refractivity contribution in [3.63, 3.8) is 0 Å². The Morgan fingerprint density at radius 1 is 0.947 bits per heavy atom. The number of hydrogen-bond donors (Lipinski definition) is 5. The van der Waals surface area contributed by atoms with Gasteiger partial charge in [-0.2, -0.15) is 0 Å².